The summed E-state index contributed by atoms with van der Waals surface area (Å²) in [6, 6.07) is 8.67. The zero-order valence-electron chi connectivity index (χ0n) is 14.5. The predicted molar refractivity (Wildman–Crippen MR) is 95.5 cm³/mol. The zero-order chi connectivity index (χ0) is 17.9. The topological polar surface area (TPSA) is 49.2 Å². The van der Waals surface area contributed by atoms with E-state index in [1.807, 2.05) is 18.3 Å². The predicted octanol–water partition coefficient (Wildman–Crippen LogP) is 3.52. The summed E-state index contributed by atoms with van der Waals surface area (Å²) in [5.74, 6) is 1.29. The van der Waals surface area contributed by atoms with Gasteiger partial charge in [-0.3, -0.25) is 4.98 Å². The molecule has 0 N–H and O–H groups in total. The minimum Gasteiger partial charge on any atom is -0.496 e. The SMILES string of the molecule is COc1ccc(F)cc1-c1nccn1[C@@H]1COC[C@H]1Cc1ccncc1. The average molecular weight is 353 g/mol. The molecule has 2 atom stereocenters. The molecule has 26 heavy (non-hydrogen) atoms. The van der Waals surface area contributed by atoms with E-state index in [0.717, 1.165) is 6.42 Å². The lowest BCUT2D eigenvalue weighted by Gasteiger charge is -2.22. The maximum absolute atomic E-state index is 13.8. The first-order chi connectivity index (χ1) is 12.8. The van der Waals surface area contributed by atoms with Crippen LogP contribution in [0.3, 0.4) is 0 Å². The highest BCUT2D eigenvalue weighted by molar-refractivity contribution is 5.64. The Kier molecular flexibility index (Phi) is 4.67. The van der Waals surface area contributed by atoms with Gasteiger partial charge in [-0.1, -0.05) is 0 Å². The summed E-state index contributed by atoms with van der Waals surface area (Å²) in [4.78, 5) is 8.55. The molecule has 0 saturated carbocycles. The maximum atomic E-state index is 13.8. The number of halogens is 1. The van der Waals surface area contributed by atoms with Crippen LogP contribution in [-0.4, -0.2) is 34.9 Å². The second kappa shape index (κ2) is 7.25. The average Bonchev–Trinajstić information content (AvgIpc) is 3.31. The second-order valence-corrected chi connectivity index (χ2v) is 6.43. The molecular formula is C20H20FN3O2. The van der Waals surface area contributed by atoms with Gasteiger partial charge in [0.2, 0.25) is 0 Å². The molecule has 134 valence electrons. The van der Waals surface area contributed by atoms with Gasteiger partial charge in [-0.15, -0.1) is 0 Å². The molecule has 0 bridgehead atoms. The number of ether oxygens (including phenoxy) is 2. The van der Waals surface area contributed by atoms with Crippen LogP contribution >= 0.6 is 0 Å². The van der Waals surface area contributed by atoms with Gasteiger partial charge in [-0.25, -0.2) is 9.37 Å². The molecule has 1 fully saturated rings. The number of rotatable bonds is 5. The Balaban J connectivity index is 1.67. The number of pyridine rings is 1. The van der Waals surface area contributed by atoms with Crippen LogP contribution in [0.4, 0.5) is 4.39 Å². The first kappa shape index (κ1) is 16.7. The number of nitrogens with zero attached hydrogens (tertiary/aromatic N) is 3. The molecule has 1 aromatic carbocycles. The van der Waals surface area contributed by atoms with E-state index in [-0.39, 0.29) is 11.9 Å². The van der Waals surface area contributed by atoms with Crippen molar-refractivity contribution in [2.24, 2.45) is 5.92 Å². The van der Waals surface area contributed by atoms with E-state index in [4.69, 9.17) is 9.47 Å². The van der Waals surface area contributed by atoms with Gasteiger partial charge in [0.05, 0.1) is 31.9 Å². The molecule has 3 aromatic rings. The largest absolute Gasteiger partial charge is 0.496 e. The smallest absolute Gasteiger partial charge is 0.144 e. The lowest BCUT2D eigenvalue weighted by molar-refractivity contribution is 0.181. The summed E-state index contributed by atoms with van der Waals surface area (Å²) in [5, 5.41) is 0. The van der Waals surface area contributed by atoms with Crippen molar-refractivity contribution in [2.75, 3.05) is 20.3 Å². The molecule has 0 amide bonds. The van der Waals surface area contributed by atoms with Gasteiger partial charge in [0.25, 0.3) is 0 Å². The molecule has 0 unspecified atom stereocenters. The van der Waals surface area contributed by atoms with E-state index in [0.29, 0.717) is 36.3 Å². The van der Waals surface area contributed by atoms with Crippen molar-refractivity contribution in [1.29, 1.82) is 0 Å². The van der Waals surface area contributed by atoms with Crippen LogP contribution in [0.2, 0.25) is 0 Å². The second-order valence-electron chi connectivity index (χ2n) is 6.43. The highest BCUT2D eigenvalue weighted by atomic mass is 19.1. The van der Waals surface area contributed by atoms with E-state index in [9.17, 15) is 4.39 Å². The molecule has 2 aromatic heterocycles. The van der Waals surface area contributed by atoms with Gasteiger partial charge in [-0.05, 0) is 42.3 Å². The number of hydrogen-bond acceptors (Lipinski definition) is 4. The minimum atomic E-state index is -0.314. The number of hydrogen-bond donors (Lipinski definition) is 0. The molecule has 1 aliphatic heterocycles. The summed E-state index contributed by atoms with van der Waals surface area (Å²) in [6.07, 6.45) is 8.17. The Morgan fingerprint density at radius 3 is 2.85 bits per heavy atom. The quantitative estimate of drug-likeness (QED) is 0.704. The van der Waals surface area contributed by atoms with E-state index in [1.165, 1.54) is 17.7 Å². The highest BCUT2D eigenvalue weighted by Crippen LogP contribution is 2.35. The summed E-state index contributed by atoms with van der Waals surface area (Å²) in [5.41, 5.74) is 1.87. The Morgan fingerprint density at radius 1 is 1.19 bits per heavy atom. The normalized spacial score (nSPS) is 19.6. The fourth-order valence-electron chi connectivity index (χ4n) is 3.56. The first-order valence-corrected chi connectivity index (χ1v) is 8.59. The molecule has 6 heteroatoms. The number of aromatic nitrogens is 3. The monoisotopic (exact) mass is 353 g/mol. The third kappa shape index (κ3) is 3.20. The van der Waals surface area contributed by atoms with Crippen molar-refractivity contribution < 1.29 is 13.9 Å². The Hall–Kier alpha value is -2.73. The number of imidazole rings is 1. The third-order valence-corrected chi connectivity index (χ3v) is 4.84. The lowest BCUT2D eigenvalue weighted by Crippen LogP contribution is -2.20. The fraction of sp³-hybridized carbons (Fsp3) is 0.300. The summed E-state index contributed by atoms with van der Waals surface area (Å²) in [6.45, 7) is 1.29. The zero-order valence-corrected chi connectivity index (χ0v) is 14.5. The van der Waals surface area contributed by atoms with E-state index >= 15 is 0 Å². The molecule has 5 nitrogen and oxygen atoms in total. The molecule has 1 saturated heterocycles. The Labute approximate surface area is 151 Å². The van der Waals surface area contributed by atoms with Gasteiger partial charge in [0, 0.05) is 30.7 Å². The van der Waals surface area contributed by atoms with Crippen LogP contribution < -0.4 is 4.74 Å². The molecular weight excluding hydrogens is 333 g/mol. The van der Waals surface area contributed by atoms with Gasteiger partial charge < -0.3 is 14.0 Å². The van der Waals surface area contributed by atoms with E-state index in [1.54, 1.807) is 31.8 Å². The number of methoxy groups -OCH3 is 1. The van der Waals surface area contributed by atoms with Crippen molar-refractivity contribution >= 4 is 0 Å². The molecule has 0 radical (unpaired) electrons. The van der Waals surface area contributed by atoms with Crippen LogP contribution in [-0.2, 0) is 11.2 Å². The molecule has 0 spiro atoms. The number of benzene rings is 1. The van der Waals surface area contributed by atoms with Crippen molar-refractivity contribution in [2.45, 2.75) is 12.5 Å². The lowest BCUT2D eigenvalue weighted by atomic mass is 9.95. The maximum Gasteiger partial charge on any atom is 0.144 e. The standard InChI is InChI=1S/C20H20FN3O2/c1-25-19-3-2-16(21)11-17(19)20-23-8-9-24(20)18-13-26-12-15(18)10-14-4-6-22-7-5-14/h2-9,11,15,18H,10,12-13H2,1H3/t15-,18-/m1/s1. The van der Waals surface area contributed by atoms with Crippen LogP contribution in [0.5, 0.6) is 5.75 Å². The van der Waals surface area contributed by atoms with Crippen LogP contribution in [0, 0.1) is 11.7 Å². The van der Waals surface area contributed by atoms with Crippen molar-refractivity contribution in [3.05, 3.63) is 66.5 Å². The van der Waals surface area contributed by atoms with Crippen molar-refractivity contribution in [1.82, 2.24) is 14.5 Å². The van der Waals surface area contributed by atoms with Gasteiger partial charge in [-0.2, -0.15) is 0 Å². The molecule has 0 aliphatic carbocycles. The summed E-state index contributed by atoms with van der Waals surface area (Å²) in [7, 11) is 1.58. The van der Waals surface area contributed by atoms with Gasteiger partial charge in [0.1, 0.15) is 17.4 Å². The van der Waals surface area contributed by atoms with Crippen molar-refractivity contribution in [3.63, 3.8) is 0 Å². The van der Waals surface area contributed by atoms with Crippen LogP contribution in [0.1, 0.15) is 11.6 Å². The van der Waals surface area contributed by atoms with E-state index < -0.39 is 0 Å². The Morgan fingerprint density at radius 2 is 2.04 bits per heavy atom. The molecule has 1 aliphatic rings. The fourth-order valence-corrected chi connectivity index (χ4v) is 3.56. The minimum absolute atomic E-state index is 0.133. The Bertz CT molecular complexity index is 882. The van der Waals surface area contributed by atoms with Crippen LogP contribution in [0.15, 0.2) is 55.1 Å². The highest BCUT2D eigenvalue weighted by Gasteiger charge is 2.31. The van der Waals surface area contributed by atoms with Gasteiger partial charge in [0.15, 0.2) is 0 Å². The van der Waals surface area contributed by atoms with E-state index in [2.05, 4.69) is 14.5 Å². The van der Waals surface area contributed by atoms with Gasteiger partial charge >= 0.3 is 0 Å². The first-order valence-electron chi connectivity index (χ1n) is 8.59. The third-order valence-electron chi connectivity index (χ3n) is 4.84. The summed E-state index contributed by atoms with van der Waals surface area (Å²) < 4.78 is 27.1. The summed E-state index contributed by atoms with van der Waals surface area (Å²) >= 11 is 0. The molecule has 4 rings (SSSR count). The van der Waals surface area contributed by atoms with Crippen LogP contribution in [0.25, 0.3) is 11.4 Å². The molecule has 3 heterocycles. The van der Waals surface area contributed by atoms with Crippen molar-refractivity contribution in [3.8, 4) is 17.1 Å².